The standard InChI is InChI=1S/C17H23FN4S.HI/c1-12-16(23-13(2)22-12)11-21-17(19-3)20-9-5-7-14-6-4-8-15(18)10-14;/h4,6,8,10H,5,7,9,11H2,1-3H3,(H2,19,20,21);1H. The predicted octanol–water partition coefficient (Wildman–Crippen LogP) is 3.81. The van der Waals surface area contributed by atoms with E-state index in [0.29, 0.717) is 0 Å². The highest BCUT2D eigenvalue weighted by Gasteiger charge is 2.05. The van der Waals surface area contributed by atoms with Crippen molar-refractivity contribution in [3.63, 3.8) is 0 Å². The molecule has 0 fully saturated rings. The molecule has 0 radical (unpaired) electrons. The molecule has 0 atom stereocenters. The zero-order valence-electron chi connectivity index (χ0n) is 14.2. The van der Waals surface area contributed by atoms with Crippen molar-refractivity contribution in [3.05, 3.63) is 51.2 Å². The predicted molar refractivity (Wildman–Crippen MR) is 110 cm³/mol. The number of guanidine groups is 1. The molecule has 0 unspecified atom stereocenters. The van der Waals surface area contributed by atoms with Gasteiger partial charge in [0.2, 0.25) is 0 Å². The van der Waals surface area contributed by atoms with Crippen LogP contribution < -0.4 is 10.6 Å². The Morgan fingerprint density at radius 3 is 2.71 bits per heavy atom. The maximum atomic E-state index is 13.1. The molecule has 0 saturated heterocycles. The summed E-state index contributed by atoms with van der Waals surface area (Å²) in [5.41, 5.74) is 2.09. The molecule has 0 aliphatic carbocycles. The number of aliphatic imine (C=N–C) groups is 1. The van der Waals surface area contributed by atoms with Crippen molar-refractivity contribution in [1.29, 1.82) is 0 Å². The maximum Gasteiger partial charge on any atom is 0.191 e. The maximum absolute atomic E-state index is 13.1. The van der Waals surface area contributed by atoms with Crippen LogP contribution in [-0.4, -0.2) is 24.5 Å². The number of thiazole rings is 1. The van der Waals surface area contributed by atoms with E-state index in [4.69, 9.17) is 0 Å². The van der Waals surface area contributed by atoms with Gasteiger partial charge in [0.1, 0.15) is 5.82 Å². The van der Waals surface area contributed by atoms with Crippen molar-refractivity contribution >= 4 is 41.3 Å². The van der Waals surface area contributed by atoms with Crippen LogP contribution in [0.3, 0.4) is 0 Å². The zero-order valence-corrected chi connectivity index (χ0v) is 17.4. The van der Waals surface area contributed by atoms with Crippen LogP contribution in [0, 0.1) is 19.7 Å². The van der Waals surface area contributed by atoms with Gasteiger partial charge in [-0.1, -0.05) is 12.1 Å². The zero-order chi connectivity index (χ0) is 16.7. The lowest BCUT2D eigenvalue weighted by molar-refractivity contribution is 0.624. The molecule has 1 aromatic heterocycles. The van der Waals surface area contributed by atoms with E-state index in [0.717, 1.165) is 48.2 Å². The molecular formula is C17H24FIN4S. The lowest BCUT2D eigenvalue weighted by atomic mass is 10.1. The molecule has 24 heavy (non-hydrogen) atoms. The largest absolute Gasteiger partial charge is 0.356 e. The minimum absolute atomic E-state index is 0. The van der Waals surface area contributed by atoms with E-state index in [1.807, 2.05) is 19.9 Å². The Morgan fingerprint density at radius 1 is 1.29 bits per heavy atom. The van der Waals surface area contributed by atoms with Crippen LogP contribution in [0.15, 0.2) is 29.3 Å². The second kappa shape index (κ2) is 10.6. The molecule has 2 aromatic rings. The number of aryl methyl sites for hydroxylation is 3. The summed E-state index contributed by atoms with van der Waals surface area (Å²) in [6.07, 6.45) is 1.76. The smallest absolute Gasteiger partial charge is 0.191 e. The van der Waals surface area contributed by atoms with Crippen molar-refractivity contribution in [1.82, 2.24) is 15.6 Å². The summed E-state index contributed by atoms with van der Waals surface area (Å²) in [6.45, 7) is 5.55. The summed E-state index contributed by atoms with van der Waals surface area (Å²) < 4.78 is 13.1. The van der Waals surface area contributed by atoms with Gasteiger partial charge in [-0.25, -0.2) is 9.37 Å². The molecule has 4 nitrogen and oxygen atoms in total. The normalized spacial score (nSPS) is 11.1. The summed E-state index contributed by atoms with van der Waals surface area (Å²) in [5, 5.41) is 7.66. The lowest BCUT2D eigenvalue weighted by Gasteiger charge is -2.11. The number of hydrogen-bond donors (Lipinski definition) is 2. The average Bonchev–Trinajstić information content (AvgIpc) is 2.84. The number of halogens is 2. The van der Waals surface area contributed by atoms with Crippen LogP contribution >= 0.6 is 35.3 Å². The Bertz CT molecular complexity index is 672. The van der Waals surface area contributed by atoms with Crippen LogP contribution in [0.2, 0.25) is 0 Å². The topological polar surface area (TPSA) is 49.3 Å². The Labute approximate surface area is 164 Å². The van der Waals surface area contributed by atoms with Gasteiger partial charge in [0.25, 0.3) is 0 Å². The Morgan fingerprint density at radius 2 is 2.08 bits per heavy atom. The fourth-order valence-electron chi connectivity index (χ4n) is 2.31. The molecule has 0 aliphatic heterocycles. The molecule has 2 rings (SSSR count). The highest BCUT2D eigenvalue weighted by Crippen LogP contribution is 2.16. The number of rotatable bonds is 6. The van der Waals surface area contributed by atoms with Gasteiger partial charge in [0, 0.05) is 18.5 Å². The van der Waals surface area contributed by atoms with Gasteiger partial charge in [-0.15, -0.1) is 35.3 Å². The minimum atomic E-state index is -0.178. The molecule has 0 bridgehead atoms. The van der Waals surface area contributed by atoms with Crippen molar-refractivity contribution in [3.8, 4) is 0 Å². The Kier molecular flexibility index (Phi) is 9.20. The molecule has 0 aliphatic rings. The third kappa shape index (κ3) is 6.72. The van der Waals surface area contributed by atoms with E-state index in [1.165, 1.54) is 10.9 Å². The highest BCUT2D eigenvalue weighted by atomic mass is 127. The van der Waals surface area contributed by atoms with Gasteiger partial charge in [-0.05, 0) is 44.4 Å². The Hall–Kier alpha value is -1.22. The summed E-state index contributed by atoms with van der Waals surface area (Å²) in [6, 6.07) is 6.75. The summed E-state index contributed by atoms with van der Waals surface area (Å²) in [5.74, 6) is 0.595. The van der Waals surface area contributed by atoms with Crippen LogP contribution in [0.1, 0.15) is 27.6 Å². The van der Waals surface area contributed by atoms with Crippen LogP contribution in [-0.2, 0) is 13.0 Å². The van der Waals surface area contributed by atoms with Crippen LogP contribution in [0.4, 0.5) is 4.39 Å². The van der Waals surface area contributed by atoms with Gasteiger partial charge in [0.05, 0.1) is 17.2 Å². The first-order valence-corrected chi connectivity index (χ1v) is 8.52. The van der Waals surface area contributed by atoms with Crippen LogP contribution in [0.5, 0.6) is 0 Å². The van der Waals surface area contributed by atoms with Crippen molar-refractivity contribution in [2.24, 2.45) is 4.99 Å². The van der Waals surface area contributed by atoms with E-state index >= 15 is 0 Å². The fourth-order valence-corrected chi connectivity index (χ4v) is 3.19. The second-order valence-corrected chi connectivity index (χ2v) is 6.62. The molecule has 0 spiro atoms. The molecule has 2 N–H and O–H groups in total. The van der Waals surface area contributed by atoms with E-state index in [2.05, 4.69) is 20.6 Å². The van der Waals surface area contributed by atoms with Crippen LogP contribution in [0.25, 0.3) is 0 Å². The van der Waals surface area contributed by atoms with E-state index in [1.54, 1.807) is 30.5 Å². The SMILES string of the molecule is CN=C(NCCCc1cccc(F)c1)NCc1sc(C)nc1C.I. The van der Waals surface area contributed by atoms with E-state index in [9.17, 15) is 4.39 Å². The van der Waals surface area contributed by atoms with Gasteiger partial charge < -0.3 is 10.6 Å². The van der Waals surface area contributed by atoms with E-state index in [-0.39, 0.29) is 29.8 Å². The summed E-state index contributed by atoms with van der Waals surface area (Å²) in [7, 11) is 1.76. The average molecular weight is 462 g/mol. The first-order valence-electron chi connectivity index (χ1n) is 7.70. The first kappa shape index (κ1) is 20.8. The molecule has 1 aromatic carbocycles. The van der Waals surface area contributed by atoms with Gasteiger partial charge in [0.15, 0.2) is 5.96 Å². The number of nitrogens with zero attached hydrogens (tertiary/aromatic N) is 2. The molecule has 0 amide bonds. The molecule has 132 valence electrons. The number of aromatic nitrogens is 1. The monoisotopic (exact) mass is 462 g/mol. The summed E-state index contributed by atoms with van der Waals surface area (Å²) >= 11 is 1.70. The number of nitrogens with one attached hydrogen (secondary N) is 2. The summed E-state index contributed by atoms with van der Waals surface area (Å²) in [4.78, 5) is 9.86. The highest BCUT2D eigenvalue weighted by molar-refractivity contribution is 14.0. The molecular weight excluding hydrogens is 438 g/mol. The van der Waals surface area contributed by atoms with Gasteiger partial charge in [-0.3, -0.25) is 4.99 Å². The molecule has 7 heteroatoms. The molecule has 1 heterocycles. The van der Waals surface area contributed by atoms with Crippen molar-refractivity contribution in [2.45, 2.75) is 33.2 Å². The third-order valence-electron chi connectivity index (χ3n) is 3.46. The van der Waals surface area contributed by atoms with E-state index < -0.39 is 0 Å². The fraction of sp³-hybridized carbons (Fsp3) is 0.412. The quantitative estimate of drug-likeness (QED) is 0.297. The van der Waals surface area contributed by atoms with Crippen molar-refractivity contribution < 1.29 is 4.39 Å². The first-order chi connectivity index (χ1) is 11.1. The van der Waals surface area contributed by atoms with Crippen molar-refractivity contribution in [2.75, 3.05) is 13.6 Å². The second-order valence-electron chi connectivity index (χ2n) is 5.33. The number of hydrogen-bond acceptors (Lipinski definition) is 3. The van der Waals surface area contributed by atoms with Gasteiger partial charge in [-0.2, -0.15) is 0 Å². The third-order valence-corrected chi connectivity index (χ3v) is 4.54. The molecule has 0 saturated carbocycles. The lowest BCUT2D eigenvalue weighted by Crippen LogP contribution is -2.37. The van der Waals surface area contributed by atoms with Gasteiger partial charge >= 0.3 is 0 Å². The minimum Gasteiger partial charge on any atom is -0.356 e. The number of benzene rings is 1. The Balaban J connectivity index is 0.00000288.